The van der Waals surface area contributed by atoms with Crippen LogP contribution in [0.25, 0.3) is 0 Å². The lowest BCUT2D eigenvalue weighted by Gasteiger charge is -2.21. The van der Waals surface area contributed by atoms with Crippen LogP contribution in [0.5, 0.6) is 5.75 Å². The molecular weight excluding hydrogens is 436 g/mol. The van der Waals surface area contributed by atoms with Crippen LogP contribution in [0.15, 0.2) is 33.9 Å². The Morgan fingerprint density at radius 1 is 1.12 bits per heavy atom. The highest BCUT2D eigenvalue weighted by Crippen LogP contribution is 2.21. The monoisotopic (exact) mass is 474 g/mol. The number of anilines is 1. The quantitative estimate of drug-likeness (QED) is 0.379. The van der Waals surface area contributed by atoms with E-state index in [2.05, 4.69) is 17.3 Å². The molecule has 34 heavy (non-hydrogen) atoms. The van der Waals surface area contributed by atoms with E-state index in [1.807, 2.05) is 18.2 Å². The third-order valence-corrected chi connectivity index (χ3v) is 5.68. The number of nitrogens with one attached hydrogen (secondary N) is 1. The second kappa shape index (κ2) is 13.0. The highest BCUT2D eigenvalue weighted by Gasteiger charge is 2.29. The summed E-state index contributed by atoms with van der Waals surface area (Å²) in [4.78, 5) is 36.0. The second-order valence-electron chi connectivity index (χ2n) is 9.08. The van der Waals surface area contributed by atoms with Crippen molar-refractivity contribution in [2.45, 2.75) is 84.3 Å². The van der Waals surface area contributed by atoms with Gasteiger partial charge in [-0.3, -0.25) is 9.36 Å². The first-order valence-electron chi connectivity index (χ1n) is 12.1. The van der Waals surface area contributed by atoms with E-state index in [1.165, 1.54) is 32.0 Å². The third-order valence-electron chi connectivity index (χ3n) is 5.68. The minimum Gasteiger partial charge on any atom is -0.478 e. The maximum Gasteiger partial charge on any atom is 0.347 e. The first-order chi connectivity index (χ1) is 16.2. The highest BCUT2D eigenvalue weighted by atomic mass is 16.5. The number of aryl methyl sites for hydroxylation is 2. The fourth-order valence-electron chi connectivity index (χ4n) is 3.51. The fourth-order valence-corrected chi connectivity index (χ4v) is 3.51. The molecule has 0 unspecified atom stereocenters. The Morgan fingerprint density at radius 2 is 1.85 bits per heavy atom. The van der Waals surface area contributed by atoms with Gasteiger partial charge in [0.05, 0.1) is 0 Å². The Kier molecular flexibility index (Phi) is 10.3. The summed E-state index contributed by atoms with van der Waals surface area (Å²) in [5.74, 6) is -0.304. The first-order valence-corrected chi connectivity index (χ1v) is 12.1. The summed E-state index contributed by atoms with van der Waals surface area (Å²) >= 11 is 0. The largest absolute Gasteiger partial charge is 0.478 e. The minimum atomic E-state index is -1.30. The lowest BCUT2D eigenvalue weighted by Crippen LogP contribution is -2.41. The van der Waals surface area contributed by atoms with Crippen LogP contribution in [-0.4, -0.2) is 37.6 Å². The summed E-state index contributed by atoms with van der Waals surface area (Å²) in [6, 6.07) is 7.42. The first kappa shape index (κ1) is 27.1. The van der Waals surface area contributed by atoms with Crippen LogP contribution in [0, 0.1) is 0 Å². The molecule has 0 spiro atoms. The molecule has 2 N–H and O–H groups in total. The van der Waals surface area contributed by atoms with Crippen molar-refractivity contribution in [3.8, 4) is 5.75 Å². The normalized spacial score (nSPS) is 11.4. The predicted molar refractivity (Wildman–Crippen MR) is 133 cm³/mol. The molecule has 0 atom stereocenters. The number of nitrogens with zero attached hydrogens (tertiary/aromatic N) is 3. The molecule has 188 valence electrons. The lowest BCUT2D eigenvalue weighted by atomic mass is 10.1. The van der Waals surface area contributed by atoms with Gasteiger partial charge in [0.15, 0.2) is 5.60 Å². The average molecular weight is 475 g/mol. The van der Waals surface area contributed by atoms with Crippen molar-refractivity contribution in [2.75, 3.05) is 11.9 Å². The van der Waals surface area contributed by atoms with Gasteiger partial charge in [0.2, 0.25) is 5.82 Å². The summed E-state index contributed by atoms with van der Waals surface area (Å²) in [6.45, 7) is 6.25. The van der Waals surface area contributed by atoms with E-state index in [0.29, 0.717) is 18.8 Å². The van der Waals surface area contributed by atoms with Gasteiger partial charge in [0.1, 0.15) is 5.75 Å². The average Bonchev–Trinajstić information content (AvgIpc) is 2.79. The summed E-state index contributed by atoms with van der Waals surface area (Å²) in [6.07, 6.45) is 7.81. The molecular formula is C25H38N4O5. The molecule has 1 aromatic carbocycles. The van der Waals surface area contributed by atoms with Crippen molar-refractivity contribution in [1.82, 2.24) is 14.3 Å². The zero-order chi connectivity index (χ0) is 25.1. The van der Waals surface area contributed by atoms with E-state index in [0.717, 1.165) is 55.1 Å². The maximum atomic E-state index is 12.4. The van der Waals surface area contributed by atoms with E-state index < -0.39 is 17.1 Å². The van der Waals surface area contributed by atoms with Crippen LogP contribution >= 0.6 is 0 Å². The second-order valence-corrected chi connectivity index (χ2v) is 9.08. The van der Waals surface area contributed by atoms with Gasteiger partial charge in [-0.2, -0.15) is 0 Å². The van der Waals surface area contributed by atoms with Gasteiger partial charge in [0, 0.05) is 20.1 Å². The van der Waals surface area contributed by atoms with Gasteiger partial charge in [-0.1, -0.05) is 44.7 Å². The smallest absolute Gasteiger partial charge is 0.347 e. The molecule has 0 amide bonds. The molecule has 0 saturated heterocycles. The summed E-state index contributed by atoms with van der Waals surface area (Å²) in [5, 5.41) is 16.6. The standard InChI is InChI=1S/C25H38N4O5/c1-5-6-7-8-11-17-29-24(33)28(4)22(30)21(27-29)26-16-10-9-13-19-14-12-15-20(18-19)34-25(2,3)23(31)32/h12,14-15,18H,5-11,13,16-17H2,1-4H3,(H,26,27)(H,31,32). The molecule has 1 aromatic heterocycles. The Bertz CT molecular complexity index is 1060. The molecule has 2 aromatic rings. The number of carboxylic acids is 1. The maximum absolute atomic E-state index is 12.4. The van der Waals surface area contributed by atoms with Crippen LogP contribution in [0.4, 0.5) is 5.82 Å². The van der Waals surface area contributed by atoms with Crippen molar-refractivity contribution >= 4 is 11.8 Å². The summed E-state index contributed by atoms with van der Waals surface area (Å²) < 4.78 is 8.07. The Hall–Kier alpha value is -3.10. The molecule has 9 heteroatoms. The third kappa shape index (κ3) is 8.04. The predicted octanol–water partition coefficient (Wildman–Crippen LogP) is 3.59. The van der Waals surface area contributed by atoms with Crippen molar-refractivity contribution in [3.63, 3.8) is 0 Å². The molecule has 1 heterocycles. The van der Waals surface area contributed by atoms with Gasteiger partial charge in [0.25, 0.3) is 5.56 Å². The lowest BCUT2D eigenvalue weighted by molar-refractivity contribution is -0.152. The van der Waals surface area contributed by atoms with Crippen LogP contribution in [0.2, 0.25) is 0 Å². The Balaban J connectivity index is 1.87. The van der Waals surface area contributed by atoms with Crippen molar-refractivity contribution in [3.05, 3.63) is 50.7 Å². The van der Waals surface area contributed by atoms with Crippen LogP contribution < -0.4 is 21.3 Å². The molecule has 0 aliphatic carbocycles. The van der Waals surface area contributed by atoms with E-state index in [-0.39, 0.29) is 11.5 Å². The molecule has 9 nitrogen and oxygen atoms in total. The van der Waals surface area contributed by atoms with Gasteiger partial charge >= 0.3 is 11.7 Å². The summed E-state index contributed by atoms with van der Waals surface area (Å²) in [7, 11) is 1.48. The number of carbonyl (C=O) groups is 1. The van der Waals surface area contributed by atoms with Crippen LogP contribution in [-0.2, 0) is 24.8 Å². The number of carboxylic acid groups (broad SMARTS) is 1. The fraction of sp³-hybridized carbons (Fsp3) is 0.600. The minimum absolute atomic E-state index is 0.196. The Morgan fingerprint density at radius 3 is 2.56 bits per heavy atom. The highest BCUT2D eigenvalue weighted by molar-refractivity contribution is 5.76. The van der Waals surface area contributed by atoms with Gasteiger partial charge in [-0.25, -0.2) is 14.3 Å². The van der Waals surface area contributed by atoms with Gasteiger partial charge < -0.3 is 15.2 Å². The van der Waals surface area contributed by atoms with Gasteiger partial charge in [-0.05, 0) is 57.2 Å². The number of rotatable bonds is 15. The number of unbranched alkanes of at least 4 members (excludes halogenated alkanes) is 5. The number of aliphatic carboxylic acids is 1. The zero-order valence-corrected chi connectivity index (χ0v) is 20.8. The SMILES string of the molecule is CCCCCCCn1nc(NCCCCc2cccc(OC(C)(C)C(=O)O)c2)c(=O)n(C)c1=O. The molecule has 0 aliphatic heterocycles. The Labute approximate surface area is 200 Å². The molecule has 0 bridgehead atoms. The zero-order valence-electron chi connectivity index (χ0n) is 20.8. The molecule has 0 saturated carbocycles. The van der Waals surface area contributed by atoms with Crippen molar-refractivity contribution < 1.29 is 14.6 Å². The van der Waals surface area contributed by atoms with Gasteiger partial charge in [-0.15, -0.1) is 5.10 Å². The summed E-state index contributed by atoms with van der Waals surface area (Å²) in [5.41, 5.74) is -1.06. The van der Waals surface area contributed by atoms with Crippen LogP contribution in [0.1, 0.15) is 71.3 Å². The number of benzene rings is 1. The molecule has 0 aliphatic rings. The molecule has 0 fully saturated rings. The molecule has 0 radical (unpaired) electrons. The van der Waals surface area contributed by atoms with E-state index in [9.17, 15) is 19.5 Å². The van der Waals surface area contributed by atoms with Crippen molar-refractivity contribution in [1.29, 1.82) is 0 Å². The van der Waals surface area contributed by atoms with E-state index >= 15 is 0 Å². The topological polar surface area (TPSA) is 115 Å². The van der Waals surface area contributed by atoms with E-state index in [1.54, 1.807) is 6.07 Å². The van der Waals surface area contributed by atoms with Crippen molar-refractivity contribution in [2.24, 2.45) is 7.05 Å². The van der Waals surface area contributed by atoms with E-state index in [4.69, 9.17) is 4.74 Å². The van der Waals surface area contributed by atoms with Crippen LogP contribution in [0.3, 0.4) is 0 Å². The number of hydrogen-bond donors (Lipinski definition) is 2. The molecule has 2 rings (SSSR count). The number of aromatic nitrogens is 3. The number of hydrogen-bond acceptors (Lipinski definition) is 6. The number of ether oxygens (including phenoxy) is 1.